The molecule has 0 spiro atoms. The summed E-state index contributed by atoms with van der Waals surface area (Å²) in [5, 5.41) is 5.53. The van der Waals surface area contributed by atoms with Crippen LogP contribution in [-0.2, 0) is 6.42 Å². The summed E-state index contributed by atoms with van der Waals surface area (Å²) in [5.41, 5.74) is 0.961. The number of thiophene rings is 1. The summed E-state index contributed by atoms with van der Waals surface area (Å²) in [6.45, 7) is 6.70. The Bertz CT molecular complexity index is 513. The molecule has 0 radical (unpaired) electrons. The van der Waals surface area contributed by atoms with Crippen molar-refractivity contribution in [2.24, 2.45) is 0 Å². The highest BCUT2D eigenvalue weighted by molar-refractivity contribution is 7.09. The molecule has 1 atom stereocenters. The van der Waals surface area contributed by atoms with Crippen molar-refractivity contribution in [2.75, 3.05) is 11.9 Å². The maximum atomic E-state index is 5.48. The van der Waals surface area contributed by atoms with Crippen LogP contribution in [-0.4, -0.2) is 22.6 Å². The minimum absolute atomic E-state index is 0.321. The molecule has 0 aliphatic carbocycles. The topological polar surface area (TPSA) is 47.0 Å². The maximum absolute atomic E-state index is 5.48. The number of hydrogen-bond donors (Lipinski definition) is 1. The van der Waals surface area contributed by atoms with Crippen molar-refractivity contribution in [3.8, 4) is 5.88 Å². The van der Waals surface area contributed by atoms with E-state index in [0.29, 0.717) is 18.5 Å². The standard InChI is InChI=1S/C14H19N3OS/c1-4-18-14-11(3)13(15-9-16-14)17-10(2)8-12-6-5-7-19-12/h5-7,9-10H,4,8H2,1-3H3,(H,15,16,17). The fourth-order valence-electron chi connectivity index (χ4n) is 1.88. The molecule has 19 heavy (non-hydrogen) atoms. The van der Waals surface area contributed by atoms with Crippen LogP contribution in [0.5, 0.6) is 5.88 Å². The molecule has 4 nitrogen and oxygen atoms in total. The molecule has 0 saturated heterocycles. The number of ether oxygens (including phenoxy) is 1. The average Bonchev–Trinajstić information content (AvgIpc) is 2.87. The van der Waals surface area contributed by atoms with Gasteiger partial charge in [0.05, 0.1) is 12.2 Å². The van der Waals surface area contributed by atoms with Crippen molar-refractivity contribution >= 4 is 17.2 Å². The Morgan fingerprint density at radius 3 is 2.95 bits per heavy atom. The van der Waals surface area contributed by atoms with E-state index in [2.05, 4.69) is 39.7 Å². The Kier molecular flexibility index (Phi) is 4.74. The van der Waals surface area contributed by atoms with Crippen LogP contribution < -0.4 is 10.1 Å². The zero-order valence-corrected chi connectivity index (χ0v) is 12.3. The molecule has 0 fully saturated rings. The molecule has 2 aromatic rings. The first-order valence-corrected chi connectivity index (χ1v) is 7.32. The van der Waals surface area contributed by atoms with Crippen LogP contribution in [0.3, 0.4) is 0 Å². The molecule has 2 aromatic heterocycles. The smallest absolute Gasteiger partial charge is 0.221 e. The lowest BCUT2D eigenvalue weighted by Gasteiger charge is -2.16. The summed E-state index contributed by atoms with van der Waals surface area (Å²) in [4.78, 5) is 9.80. The lowest BCUT2D eigenvalue weighted by atomic mass is 10.2. The minimum Gasteiger partial charge on any atom is -0.478 e. The summed E-state index contributed by atoms with van der Waals surface area (Å²) in [5.74, 6) is 1.51. The second kappa shape index (κ2) is 6.52. The van der Waals surface area contributed by atoms with E-state index in [9.17, 15) is 0 Å². The highest BCUT2D eigenvalue weighted by Crippen LogP contribution is 2.21. The highest BCUT2D eigenvalue weighted by atomic mass is 32.1. The van der Waals surface area contributed by atoms with E-state index in [1.807, 2.05) is 13.8 Å². The van der Waals surface area contributed by atoms with Crippen molar-refractivity contribution in [3.05, 3.63) is 34.3 Å². The molecule has 0 aliphatic heterocycles. The van der Waals surface area contributed by atoms with Crippen molar-refractivity contribution < 1.29 is 4.74 Å². The Morgan fingerprint density at radius 2 is 2.26 bits per heavy atom. The van der Waals surface area contributed by atoms with Gasteiger partial charge in [-0.2, -0.15) is 0 Å². The Labute approximate surface area is 117 Å². The molecule has 1 N–H and O–H groups in total. The normalized spacial score (nSPS) is 12.2. The van der Waals surface area contributed by atoms with E-state index < -0.39 is 0 Å². The van der Waals surface area contributed by atoms with Crippen molar-refractivity contribution in [1.29, 1.82) is 0 Å². The van der Waals surface area contributed by atoms with E-state index in [-0.39, 0.29) is 0 Å². The highest BCUT2D eigenvalue weighted by Gasteiger charge is 2.11. The first-order valence-electron chi connectivity index (χ1n) is 6.44. The van der Waals surface area contributed by atoms with Gasteiger partial charge in [-0.15, -0.1) is 11.3 Å². The summed E-state index contributed by atoms with van der Waals surface area (Å²) < 4.78 is 5.48. The molecular weight excluding hydrogens is 258 g/mol. The quantitative estimate of drug-likeness (QED) is 0.880. The van der Waals surface area contributed by atoms with Gasteiger partial charge in [0.15, 0.2) is 0 Å². The maximum Gasteiger partial charge on any atom is 0.221 e. The fourth-order valence-corrected chi connectivity index (χ4v) is 2.71. The minimum atomic E-state index is 0.321. The monoisotopic (exact) mass is 277 g/mol. The molecule has 0 aliphatic rings. The van der Waals surface area contributed by atoms with Crippen LogP contribution in [0.15, 0.2) is 23.8 Å². The number of aromatic nitrogens is 2. The van der Waals surface area contributed by atoms with Gasteiger partial charge in [-0.3, -0.25) is 0 Å². The third-order valence-corrected chi connectivity index (χ3v) is 3.69. The van der Waals surface area contributed by atoms with Gasteiger partial charge in [0.2, 0.25) is 5.88 Å². The molecular formula is C14H19N3OS. The number of nitrogens with zero attached hydrogens (tertiary/aromatic N) is 2. The van der Waals surface area contributed by atoms with Gasteiger partial charge in [0.1, 0.15) is 12.1 Å². The third kappa shape index (κ3) is 3.67. The summed E-state index contributed by atoms with van der Waals surface area (Å²) in [6.07, 6.45) is 2.53. The van der Waals surface area contributed by atoms with Gasteiger partial charge >= 0.3 is 0 Å². The largest absolute Gasteiger partial charge is 0.478 e. The van der Waals surface area contributed by atoms with E-state index in [4.69, 9.17) is 4.74 Å². The Morgan fingerprint density at radius 1 is 1.42 bits per heavy atom. The Balaban J connectivity index is 2.04. The Hall–Kier alpha value is -1.62. The zero-order chi connectivity index (χ0) is 13.7. The predicted octanol–water partition coefficient (Wildman–Crippen LogP) is 3.29. The average molecular weight is 277 g/mol. The van der Waals surface area contributed by atoms with Crippen LogP contribution >= 0.6 is 11.3 Å². The molecule has 0 amide bonds. The van der Waals surface area contributed by atoms with E-state index >= 15 is 0 Å². The molecule has 0 bridgehead atoms. The molecule has 1 unspecified atom stereocenters. The van der Waals surface area contributed by atoms with Crippen LogP contribution in [0.25, 0.3) is 0 Å². The number of nitrogens with one attached hydrogen (secondary N) is 1. The van der Waals surface area contributed by atoms with Crippen LogP contribution in [0.4, 0.5) is 5.82 Å². The second-order valence-electron chi connectivity index (χ2n) is 4.41. The van der Waals surface area contributed by atoms with Crippen LogP contribution in [0.1, 0.15) is 24.3 Å². The molecule has 5 heteroatoms. The molecule has 2 heterocycles. The summed E-state index contributed by atoms with van der Waals surface area (Å²) >= 11 is 1.78. The van der Waals surface area contributed by atoms with Crippen LogP contribution in [0.2, 0.25) is 0 Å². The van der Waals surface area contributed by atoms with Gasteiger partial charge in [-0.05, 0) is 32.2 Å². The van der Waals surface area contributed by atoms with Gasteiger partial charge in [0.25, 0.3) is 0 Å². The lowest BCUT2D eigenvalue weighted by molar-refractivity contribution is 0.324. The van der Waals surface area contributed by atoms with Crippen LogP contribution in [0, 0.1) is 6.92 Å². The SMILES string of the molecule is CCOc1ncnc(NC(C)Cc2cccs2)c1C. The van der Waals surface area contributed by atoms with Gasteiger partial charge < -0.3 is 10.1 Å². The zero-order valence-electron chi connectivity index (χ0n) is 11.5. The van der Waals surface area contributed by atoms with E-state index in [0.717, 1.165) is 17.8 Å². The summed E-state index contributed by atoms with van der Waals surface area (Å²) in [6, 6.07) is 4.55. The van der Waals surface area contributed by atoms with Crippen molar-refractivity contribution in [2.45, 2.75) is 33.2 Å². The van der Waals surface area contributed by atoms with Gasteiger partial charge in [-0.25, -0.2) is 9.97 Å². The molecule has 0 aromatic carbocycles. The van der Waals surface area contributed by atoms with Crippen molar-refractivity contribution in [1.82, 2.24) is 9.97 Å². The van der Waals surface area contributed by atoms with Crippen molar-refractivity contribution in [3.63, 3.8) is 0 Å². The molecule has 2 rings (SSSR count). The lowest BCUT2D eigenvalue weighted by Crippen LogP contribution is -2.19. The fraction of sp³-hybridized carbons (Fsp3) is 0.429. The number of anilines is 1. The molecule has 0 saturated carbocycles. The molecule has 102 valence electrons. The number of hydrogen-bond acceptors (Lipinski definition) is 5. The van der Waals surface area contributed by atoms with E-state index in [1.54, 1.807) is 11.3 Å². The van der Waals surface area contributed by atoms with Gasteiger partial charge in [0, 0.05) is 17.3 Å². The van der Waals surface area contributed by atoms with Gasteiger partial charge in [-0.1, -0.05) is 6.07 Å². The third-order valence-electron chi connectivity index (χ3n) is 2.79. The predicted molar refractivity (Wildman–Crippen MR) is 79.0 cm³/mol. The first kappa shape index (κ1) is 13.8. The first-order chi connectivity index (χ1) is 9.20. The second-order valence-corrected chi connectivity index (χ2v) is 5.45. The number of rotatable bonds is 6. The summed E-state index contributed by atoms with van der Waals surface area (Å²) in [7, 11) is 0. The van der Waals surface area contributed by atoms with E-state index in [1.165, 1.54) is 11.2 Å².